The number of piperidine rings is 1. The van der Waals surface area contributed by atoms with Gasteiger partial charge < -0.3 is 15.3 Å². The van der Waals surface area contributed by atoms with Crippen molar-refractivity contribution in [3.63, 3.8) is 0 Å². The molecule has 3 atom stereocenters. The Balaban J connectivity index is 1.69. The van der Waals surface area contributed by atoms with E-state index in [9.17, 15) is 5.11 Å². The Hall–Kier alpha value is -0.120. The number of likely N-dealkylation sites (tertiary alicyclic amines) is 1. The van der Waals surface area contributed by atoms with Crippen LogP contribution in [0, 0.1) is 5.92 Å². The van der Waals surface area contributed by atoms with Gasteiger partial charge in [0.1, 0.15) is 0 Å². The third-order valence-corrected chi connectivity index (χ3v) is 4.12. The molecule has 3 heteroatoms. The fourth-order valence-electron chi connectivity index (χ4n) is 3.11. The average molecular weight is 226 g/mol. The minimum absolute atomic E-state index is 0.102. The van der Waals surface area contributed by atoms with Crippen molar-refractivity contribution in [1.82, 2.24) is 10.2 Å². The van der Waals surface area contributed by atoms with Crippen LogP contribution in [0.3, 0.4) is 0 Å². The number of aliphatic hydroxyl groups is 1. The Morgan fingerprint density at radius 3 is 2.75 bits per heavy atom. The van der Waals surface area contributed by atoms with Crippen LogP contribution in [0.4, 0.5) is 0 Å². The second kappa shape index (κ2) is 5.99. The highest BCUT2D eigenvalue weighted by Crippen LogP contribution is 2.20. The van der Waals surface area contributed by atoms with E-state index in [0.29, 0.717) is 6.04 Å². The smallest absolute Gasteiger partial charge is 0.0693 e. The Kier molecular flexibility index (Phi) is 4.62. The molecule has 0 spiro atoms. The van der Waals surface area contributed by atoms with Gasteiger partial charge in [0, 0.05) is 12.6 Å². The molecule has 94 valence electrons. The topological polar surface area (TPSA) is 35.5 Å². The van der Waals surface area contributed by atoms with Crippen molar-refractivity contribution in [3.8, 4) is 0 Å². The lowest BCUT2D eigenvalue weighted by Crippen LogP contribution is -2.46. The van der Waals surface area contributed by atoms with Crippen LogP contribution in [-0.4, -0.2) is 48.8 Å². The van der Waals surface area contributed by atoms with Gasteiger partial charge in [-0.05, 0) is 51.7 Å². The van der Waals surface area contributed by atoms with E-state index >= 15 is 0 Å². The van der Waals surface area contributed by atoms with Gasteiger partial charge in [-0.2, -0.15) is 0 Å². The lowest BCUT2D eigenvalue weighted by atomic mass is 9.91. The van der Waals surface area contributed by atoms with Crippen LogP contribution < -0.4 is 5.32 Å². The first-order chi connectivity index (χ1) is 7.75. The molecule has 0 aromatic carbocycles. The molecule has 0 bridgehead atoms. The maximum Gasteiger partial charge on any atom is 0.0693 e. The van der Waals surface area contributed by atoms with E-state index in [-0.39, 0.29) is 6.10 Å². The first kappa shape index (κ1) is 12.3. The Morgan fingerprint density at radius 2 is 2.00 bits per heavy atom. The quantitative estimate of drug-likeness (QED) is 0.759. The number of nitrogens with one attached hydrogen (secondary N) is 1. The van der Waals surface area contributed by atoms with Crippen LogP contribution in [0.1, 0.15) is 38.5 Å². The van der Waals surface area contributed by atoms with Crippen molar-refractivity contribution in [2.24, 2.45) is 5.92 Å². The van der Waals surface area contributed by atoms with Crippen LogP contribution in [0.5, 0.6) is 0 Å². The zero-order valence-electron chi connectivity index (χ0n) is 10.5. The molecule has 2 fully saturated rings. The Bertz CT molecular complexity index is 210. The van der Waals surface area contributed by atoms with Gasteiger partial charge in [0.05, 0.1) is 6.10 Å². The molecule has 2 rings (SSSR count). The molecule has 1 unspecified atom stereocenters. The molecular weight excluding hydrogens is 200 g/mol. The highest BCUT2D eigenvalue weighted by atomic mass is 16.3. The molecule has 3 nitrogen and oxygen atoms in total. The minimum Gasteiger partial charge on any atom is -0.392 e. The second-order valence-corrected chi connectivity index (χ2v) is 5.64. The predicted molar refractivity (Wildman–Crippen MR) is 66.5 cm³/mol. The summed E-state index contributed by atoms with van der Waals surface area (Å²) in [6, 6.07) is 0.362. The van der Waals surface area contributed by atoms with Gasteiger partial charge in [-0.1, -0.05) is 12.8 Å². The molecule has 0 amide bonds. The van der Waals surface area contributed by atoms with Crippen molar-refractivity contribution < 1.29 is 5.11 Å². The molecule has 1 saturated heterocycles. The number of rotatable bonds is 3. The molecule has 1 aliphatic carbocycles. The van der Waals surface area contributed by atoms with E-state index < -0.39 is 0 Å². The lowest BCUT2D eigenvalue weighted by molar-refractivity contribution is 0.0855. The predicted octanol–water partition coefficient (Wildman–Crippen LogP) is 1.22. The molecule has 0 aromatic heterocycles. The number of aliphatic hydroxyl groups excluding tert-OH is 1. The number of hydrogen-bond donors (Lipinski definition) is 2. The summed E-state index contributed by atoms with van der Waals surface area (Å²) in [5.74, 6) is 0.785. The highest BCUT2D eigenvalue weighted by molar-refractivity contribution is 4.82. The summed E-state index contributed by atoms with van der Waals surface area (Å²) in [7, 11) is 2.21. The fourth-order valence-corrected chi connectivity index (χ4v) is 3.11. The van der Waals surface area contributed by atoms with Crippen molar-refractivity contribution in [1.29, 1.82) is 0 Å². The van der Waals surface area contributed by atoms with Gasteiger partial charge >= 0.3 is 0 Å². The minimum atomic E-state index is -0.102. The van der Waals surface area contributed by atoms with E-state index in [1.807, 2.05) is 0 Å². The number of hydrogen-bond acceptors (Lipinski definition) is 3. The van der Waals surface area contributed by atoms with Crippen LogP contribution in [0.15, 0.2) is 0 Å². The van der Waals surface area contributed by atoms with Gasteiger partial charge in [-0.15, -0.1) is 0 Å². The normalized spacial score (nSPS) is 37.5. The molecular formula is C13H26N2O. The molecule has 2 N–H and O–H groups in total. The third kappa shape index (κ3) is 3.44. The lowest BCUT2D eigenvalue weighted by Gasteiger charge is -2.33. The fraction of sp³-hybridized carbons (Fsp3) is 1.00. The summed E-state index contributed by atoms with van der Waals surface area (Å²) >= 11 is 0. The van der Waals surface area contributed by atoms with Crippen molar-refractivity contribution in [2.75, 3.05) is 26.7 Å². The van der Waals surface area contributed by atoms with E-state index in [1.165, 1.54) is 38.8 Å². The summed E-state index contributed by atoms with van der Waals surface area (Å²) < 4.78 is 0. The van der Waals surface area contributed by atoms with Crippen molar-refractivity contribution in [3.05, 3.63) is 0 Å². The zero-order valence-corrected chi connectivity index (χ0v) is 10.5. The van der Waals surface area contributed by atoms with Gasteiger partial charge in [0.2, 0.25) is 0 Å². The molecule has 1 heterocycles. The van der Waals surface area contributed by atoms with Gasteiger partial charge in [0.15, 0.2) is 0 Å². The zero-order chi connectivity index (χ0) is 11.4. The summed E-state index contributed by atoms with van der Waals surface area (Å²) in [5, 5.41) is 13.5. The number of nitrogens with zero attached hydrogens (tertiary/aromatic N) is 1. The van der Waals surface area contributed by atoms with Crippen LogP contribution >= 0.6 is 0 Å². The van der Waals surface area contributed by atoms with Gasteiger partial charge in [0.25, 0.3) is 0 Å². The SMILES string of the molecule is CN1CCCC(CN[C@H]2CCCC[C@@H]2O)C1. The van der Waals surface area contributed by atoms with E-state index in [1.54, 1.807) is 0 Å². The third-order valence-electron chi connectivity index (χ3n) is 4.12. The van der Waals surface area contributed by atoms with Crippen molar-refractivity contribution >= 4 is 0 Å². The van der Waals surface area contributed by atoms with Gasteiger partial charge in [-0.25, -0.2) is 0 Å². The van der Waals surface area contributed by atoms with Crippen LogP contribution in [-0.2, 0) is 0 Å². The molecule has 2 aliphatic rings. The summed E-state index contributed by atoms with van der Waals surface area (Å²) in [5.41, 5.74) is 0. The van der Waals surface area contributed by atoms with E-state index in [0.717, 1.165) is 25.3 Å². The van der Waals surface area contributed by atoms with E-state index in [2.05, 4.69) is 17.3 Å². The van der Waals surface area contributed by atoms with Crippen LogP contribution in [0.25, 0.3) is 0 Å². The van der Waals surface area contributed by atoms with Gasteiger partial charge in [-0.3, -0.25) is 0 Å². The molecule has 1 saturated carbocycles. The Labute approximate surface area is 99.2 Å². The first-order valence-electron chi connectivity index (χ1n) is 6.85. The molecule has 16 heavy (non-hydrogen) atoms. The summed E-state index contributed by atoms with van der Waals surface area (Å²) in [6.07, 6.45) is 7.20. The highest BCUT2D eigenvalue weighted by Gasteiger charge is 2.24. The maximum atomic E-state index is 9.88. The molecule has 0 radical (unpaired) electrons. The van der Waals surface area contributed by atoms with Crippen molar-refractivity contribution in [2.45, 2.75) is 50.7 Å². The standard InChI is InChI=1S/C13H26N2O/c1-15-8-4-5-11(10-15)9-14-12-6-2-3-7-13(12)16/h11-14,16H,2-10H2,1H3/t11?,12-,13-/m0/s1. The maximum absolute atomic E-state index is 9.88. The summed E-state index contributed by atoms with van der Waals surface area (Å²) in [4.78, 5) is 2.42. The van der Waals surface area contributed by atoms with E-state index in [4.69, 9.17) is 0 Å². The molecule has 0 aromatic rings. The Morgan fingerprint density at radius 1 is 1.19 bits per heavy atom. The van der Waals surface area contributed by atoms with Crippen LogP contribution in [0.2, 0.25) is 0 Å². The summed E-state index contributed by atoms with van der Waals surface area (Å²) in [6.45, 7) is 3.56. The monoisotopic (exact) mass is 226 g/mol. The average Bonchev–Trinajstić information content (AvgIpc) is 2.28. The first-order valence-corrected chi connectivity index (χ1v) is 6.85. The second-order valence-electron chi connectivity index (χ2n) is 5.64. The molecule has 1 aliphatic heterocycles. The largest absolute Gasteiger partial charge is 0.392 e.